The Balaban J connectivity index is 2.04. The average molecular weight is 446 g/mol. The van der Waals surface area contributed by atoms with Crippen molar-refractivity contribution in [2.45, 2.75) is 17.9 Å². The lowest BCUT2D eigenvalue weighted by molar-refractivity contribution is 0.372. The highest BCUT2D eigenvalue weighted by atomic mass is 127. The van der Waals surface area contributed by atoms with Crippen LogP contribution in [0.15, 0.2) is 41.3 Å². The van der Waals surface area contributed by atoms with Crippen molar-refractivity contribution in [1.82, 2.24) is 4.72 Å². The number of aromatic hydroxyl groups is 1. The molecule has 1 unspecified atom stereocenters. The molecular weight excluding hydrogens is 427 g/mol. The third kappa shape index (κ3) is 4.90. The van der Waals surface area contributed by atoms with Gasteiger partial charge in [-0.25, -0.2) is 8.93 Å². The highest BCUT2D eigenvalue weighted by Crippen LogP contribution is 2.30. The number of rotatable bonds is 7. The van der Waals surface area contributed by atoms with Crippen LogP contribution in [0.25, 0.3) is 0 Å². The molecule has 0 radical (unpaired) electrons. The molecule has 0 aliphatic heterocycles. The molecule has 5 nitrogen and oxygen atoms in total. The van der Waals surface area contributed by atoms with E-state index in [0.717, 1.165) is 21.1 Å². The van der Waals surface area contributed by atoms with Gasteiger partial charge in [0.1, 0.15) is 11.0 Å². The first-order valence-electron chi connectivity index (χ1n) is 7.04. The van der Waals surface area contributed by atoms with Crippen LogP contribution in [0.1, 0.15) is 11.1 Å². The fourth-order valence-corrected chi connectivity index (χ4v) is 3.53. The number of ether oxygens (including phenoxy) is 1. The van der Waals surface area contributed by atoms with Crippen LogP contribution in [-0.4, -0.2) is 23.0 Å². The largest absolute Gasteiger partial charge is 0.504 e. The number of methoxy groups -OCH3 is 1. The highest BCUT2D eigenvalue weighted by molar-refractivity contribution is 14.1. The summed E-state index contributed by atoms with van der Waals surface area (Å²) in [7, 11) is 0.194. The van der Waals surface area contributed by atoms with E-state index in [1.165, 1.54) is 7.11 Å². The predicted octanol–water partition coefficient (Wildman–Crippen LogP) is 2.32. The highest BCUT2D eigenvalue weighted by Gasteiger charge is 2.10. The monoisotopic (exact) mass is 446 g/mol. The minimum atomic E-state index is -1.31. The Morgan fingerprint density at radius 2 is 2.00 bits per heavy atom. The summed E-state index contributed by atoms with van der Waals surface area (Å²) in [5, 5.41) is 9.72. The van der Waals surface area contributed by atoms with Gasteiger partial charge in [0.2, 0.25) is 0 Å². The quantitative estimate of drug-likeness (QED) is 0.571. The number of benzene rings is 2. The molecule has 1 atom stereocenters. The van der Waals surface area contributed by atoms with Gasteiger partial charge in [-0.2, -0.15) is 0 Å². The molecule has 0 aliphatic rings. The van der Waals surface area contributed by atoms with Gasteiger partial charge in [-0.1, -0.05) is 12.1 Å². The van der Waals surface area contributed by atoms with Gasteiger partial charge in [0.05, 0.1) is 12.0 Å². The van der Waals surface area contributed by atoms with Crippen LogP contribution in [0.5, 0.6) is 11.5 Å². The first-order chi connectivity index (χ1) is 11.0. The van der Waals surface area contributed by atoms with Crippen molar-refractivity contribution in [3.05, 3.63) is 51.1 Å². The number of halogens is 1. The molecule has 0 spiro atoms. The molecular formula is C16H19IN2O3S. The van der Waals surface area contributed by atoms with Crippen molar-refractivity contribution >= 4 is 33.6 Å². The van der Waals surface area contributed by atoms with Gasteiger partial charge in [-0.05, 0) is 70.9 Å². The second kappa shape index (κ2) is 8.62. The van der Waals surface area contributed by atoms with Crippen molar-refractivity contribution in [2.75, 3.05) is 13.7 Å². The van der Waals surface area contributed by atoms with Crippen LogP contribution in [0, 0.1) is 3.57 Å². The SMILES string of the molecule is COc1cc(CNS(=O)c2ccc(CCN)cc2)c(I)cc1O. The minimum absolute atomic E-state index is 0.0947. The second-order valence-electron chi connectivity index (χ2n) is 4.89. The van der Waals surface area contributed by atoms with Crippen LogP contribution in [-0.2, 0) is 24.0 Å². The van der Waals surface area contributed by atoms with E-state index in [1.807, 2.05) is 24.3 Å². The predicted molar refractivity (Wildman–Crippen MR) is 99.8 cm³/mol. The lowest BCUT2D eigenvalue weighted by Crippen LogP contribution is -2.17. The van der Waals surface area contributed by atoms with Crippen molar-refractivity contribution < 1.29 is 14.1 Å². The summed E-state index contributed by atoms with van der Waals surface area (Å²) < 4.78 is 21.3. The summed E-state index contributed by atoms with van der Waals surface area (Å²) >= 11 is 2.13. The van der Waals surface area contributed by atoms with Crippen LogP contribution < -0.4 is 15.2 Å². The number of phenols is 1. The van der Waals surface area contributed by atoms with Crippen molar-refractivity contribution in [3.8, 4) is 11.5 Å². The molecule has 2 rings (SSSR count). The van der Waals surface area contributed by atoms with E-state index in [1.54, 1.807) is 12.1 Å². The van der Waals surface area contributed by atoms with Crippen LogP contribution in [0.3, 0.4) is 0 Å². The van der Waals surface area contributed by atoms with E-state index >= 15 is 0 Å². The van der Waals surface area contributed by atoms with Crippen molar-refractivity contribution in [2.24, 2.45) is 5.73 Å². The molecule has 0 aromatic heterocycles. The molecule has 0 saturated carbocycles. The summed E-state index contributed by atoms with van der Waals surface area (Å²) in [4.78, 5) is 0.714. The fourth-order valence-electron chi connectivity index (χ4n) is 2.06. The normalized spacial score (nSPS) is 12.1. The van der Waals surface area contributed by atoms with Gasteiger partial charge in [0.25, 0.3) is 0 Å². The summed E-state index contributed by atoms with van der Waals surface area (Å²) in [6.07, 6.45) is 0.811. The Morgan fingerprint density at radius 1 is 1.30 bits per heavy atom. The zero-order valence-corrected chi connectivity index (χ0v) is 15.7. The molecule has 23 heavy (non-hydrogen) atoms. The maximum absolute atomic E-state index is 12.3. The van der Waals surface area contributed by atoms with E-state index < -0.39 is 11.0 Å². The Morgan fingerprint density at radius 3 is 2.61 bits per heavy atom. The maximum atomic E-state index is 12.3. The maximum Gasteiger partial charge on any atom is 0.160 e. The number of nitrogens with one attached hydrogen (secondary N) is 1. The lowest BCUT2D eigenvalue weighted by Gasteiger charge is -2.10. The molecule has 2 aromatic rings. The van der Waals surface area contributed by atoms with Gasteiger partial charge >= 0.3 is 0 Å². The van der Waals surface area contributed by atoms with E-state index in [2.05, 4.69) is 27.3 Å². The fraction of sp³-hybridized carbons (Fsp3) is 0.250. The third-order valence-corrected chi connectivity index (χ3v) is 5.42. The van der Waals surface area contributed by atoms with E-state index in [0.29, 0.717) is 23.7 Å². The second-order valence-corrected chi connectivity index (χ2v) is 7.35. The Kier molecular flexibility index (Phi) is 6.82. The zero-order valence-electron chi connectivity index (χ0n) is 12.7. The standard InChI is InChI=1S/C16H19IN2O3S/c1-22-16-8-12(14(17)9-15(16)20)10-19-23(21)13-4-2-11(3-5-13)6-7-18/h2-5,8-9,19-20H,6-7,10,18H2,1H3. The van der Waals surface area contributed by atoms with Gasteiger partial charge in [0.15, 0.2) is 11.5 Å². The summed E-state index contributed by atoms with van der Waals surface area (Å²) in [6, 6.07) is 10.9. The number of hydrogen-bond donors (Lipinski definition) is 3. The van der Waals surface area contributed by atoms with Gasteiger partial charge in [-0.15, -0.1) is 0 Å². The van der Waals surface area contributed by atoms with Crippen molar-refractivity contribution in [1.29, 1.82) is 0 Å². The lowest BCUT2D eigenvalue weighted by atomic mass is 10.2. The van der Waals surface area contributed by atoms with Crippen LogP contribution in [0.2, 0.25) is 0 Å². The van der Waals surface area contributed by atoms with Gasteiger partial charge in [0, 0.05) is 10.1 Å². The molecule has 0 fully saturated rings. The third-order valence-electron chi connectivity index (χ3n) is 3.31. The van der Waals surface area contributed by atoms with Crippen LogP contribution in [0.4, 0.5) is 0 Å². The van der Waals surface area contributed by atoms with Crippen molar-refractivity contribution in [3.63, 3.8) is 0 Å². The molecule has 0 aliphatic carbocycles. The number of nitrogens with two attached hydrogens (primary N) is 1. The van der Waals surface area contributed by atoms with Gasteiger partial charge < -0.3 is 15.6 Å². The van der Waals surface area contributed by atoms with E-state index in [4.69, 9.17) is 10.5 Å². The van der Waals surface area contributed by atoms with E-state index in [-0.39, 0.29) is 5.75 Å². The molecule has 0 bridgehead atoms. The molecule has 0 saturated heterocycles. The Bertz CT molecular complexity index is 692. The molecule has 2 aromatic carbocycles. The first-order valence-corrected chi connectivity index (χ1v) is 9.27. The van der Waals surface area contributed by atoms with Crippen LogP contribution >= 0.6 is 22.6 Å². The summed E-state index contributed by atoms with van der Waals surface area (Å²) in [6.45, 7) is 1.01. The zero-order chi connectivity index (χ0) is 16.8. The Hall–Kier alpha value is -1.16. The first kappa shape index (κ1) is 18.2. The molecule has 4 N–H and O–H groups in total. The molecule has 0 heterocycles. The van der Waals surface area contributed by atoms with Gasteiger partial charge in [-0.3, -0.25) is 0 Å². The molecule has 0 amide bonds. The number of hydrogen-bond acceptors (Lipinski definition) is 4. The Labute approximate surface area is 152 Å². The smallest absolute Gasteiger partial charge is 0.160 e. The number of phenolic OH excluding ortho intramolecular Hbond substituents is 1. The van der Waals surface area contributed by atoms with E-state index in [9.17, 15) is 9.32 Å². The molecule has 124 valence electrons. The summed E-state index contributed by atoms with van der Waals surface area (Å²) in [5.41, 5.74) is 7.56. The topological polar surface area (TPSA) is 84.6 Å². The summed E-state index contributed by atoms with van der Waals surface area (Å²) in [5.74, 6) is 0.497. The average Bonchev–Trinajstić information content (AvgIpc) is 2.55. The molecule has 7 heteroatoms. The minimum Gasteiger partial charge on any atom is -0.504 e.